The van der Waals surface area contributed by atoms with Crippen LogP contribution in [0.15, 0.2) is 19.3 Å². The van der Waals surface area contributed by atoms with Gasteiger partial charge in [0.15, 0.2) is 5.82 Å². The van der Waals surface area contributed by atoms with Crippen LogP contribution in [-0.2, 0) is 26.7 Å². The van der Waals surface area contributed by atoms with Gasteiger partial charge in [-0.1, -0.05) is 25.9 Å². The van der Waals surface area contributed by atoms with Crippen molar-refractivity contribution in [3.63, 3.8) is 0 Å². The van der Waals surface area contributed by atoms with Gasteiger partial charge in [0.1, 0.15) is 9.09 Å². The minimum atomic E-state index is -3.84. The summed E-state index contributed by atoms with van der Waals surface area (Å²) < 4.78 is 37.1. The van der Waals surface area contributed by atoms with E-state index in [1.54, 1.807) is 0 Å². The standard InChI is InChI=1S/C13H16BrN3O5S2/c1-13(2,3)12-16-9(17-22-12)6-15-24(19,20)11-7(14)5-8(23-11)10(18)21-4/h5,15H,6H2,1-4H3. The molecule has 0 atom stereocenters. The molecule has 0 saturated heterocycles. The first-order valence-corrected chi connectivity index (χ1v) is 9.84. The smallest absolute Gasteiger partial charge is 0.348 e. The van der Waals surface area contributed by atoms with Gasteiger partial charge in [-0.05, 0) is 22.0 Å². The number of esters is 1. The highest BCUT2D eigenvalue weighted by molar-refractivity contribution is 9.10. The molecule has 0 aliphatic heterocycles. The summed E-state index contributed by atoms with van der Waals surface area (Å²) in [5, 5.41) is 3.75. The third-order valence-corrected chi connectivity index (χ3v) is 7.02. The highest BCUT2D eigenvalue weighted by Gasteiger charge is 2.26. The Morgan fingerprint density at radius 2 is 2.12 bits per heavy atom. The van der Waals surface area contributed by atoms with Crippen LogP contribution in [0, 0.1) is 0 Å². The zero-order valence-corrected chi connectivity index (χ0v) is 16.6. The van der Waals surface area contributed by atoms with E-state index >= 15 is 0 Å². The summed E-state index contributed by atoms with van der Waals surface area (Å²) in [5.41, 5.74) is -0.323. The monoisotopic (exact) mass is 437 g/mol. The van der Waals surface area contributed by atoms with Gasteiger partial charge in [0.05, 0.1) is 13.7 Å². The van der Waals surface area contributed by atoms with Crippen LogP contribution in [0.1, 0.15) is 42.2 Å². The van der Waals surface area contributed by atoms with Crippen molar-refractivity contribution in [3.8, 4) is 0 Å². The van der Waals surface area contributed by atoms with Crippen LogP contribution in [0.4, 0.5) is 0 Å². The molecule has 0 bridgehead atoms. The van der Waals surface area contributed by atoms with Crippen molar-refractivity contribution >= 4 is 43.3 Å². The number of sulfonamides is 1. The van der Waals surface area contributed by atoms with E-state index in [0.29, 0.717) is 5.89 Å². The highest BCUT2D eigenvalue weighted by Crippen LogP contribution is 2.32. The number of carbonyl (C=O) groups excluding carboxylic acids is 1. The molecule has 0 aliphatic rings. The van der Waals surface area contributed by atoms with Gasteiger partial charge in [-0.2, -0.15) is 4.98 Å². The second-order valence-electron chi connectivity index (χ2n) is 5.83. The van der Waals surface area contributed by atoms with Crippen molar-refractivity contribution in [2.75, 3.05) is 7.11 Å². The molecule has 1 N–H and O–H groups in total. The van der Waals surface area contributed by atoms with Crippen molar-refractivity contribution < 1.29 is 22.5 Å². The average Bonchev–Trinajstić information content (AvgIpc) is 3.10. The van der Waals surface area contributed by atoms with E-state index in [-0.39, 0.29) is 31.3 Å². The summed E-state index contributed by atoms with van der Waals surface area (Å²) in [6.07, 6.45) is 0. The molecule has 2 aromatic heterocycles. The number of nitrogens with one attached hydrogen (secondary N) is 1. The number of nitrogens with zero attached hydrogens (tertiary/aromatic N) is 2. The number of hydrogen-bond donors (Lipinski definition) is 1. The fraction of sp³-hybridized carbons (Fsp3) is 0.462. The van der Waals surface area contributed by atoms with Gasteiger partial charge in [-0.25, -0.2) is 17.9 Å². The molecule has 0 fully saturated rings. The first kappa shape index (κ1) is 19.0. The Morgan fingerprint density at radius 1 is 1.46 bits per heavy atom. The lowest BCUT2D eigenvalue weighted by molar-refractivity contribution is 0.0606. The molecule has 132 valence electrons. The number of carbonyl (C=O) groups is 1. The first-order chi connectivity index (χ1) is 11.0. The number of methoxy groups -OCH3 is 1. The maximum Gasteiger partial charge on any atom is 0.348 e. The van der Waals surface area contributed by atoms with Crippen molar-refractivity contribution in [2.45, 2.75) is 36.9 Å². The first-order valence-electron chi connectivity index (χ1n) is 6.75. The molecule has 0 aliphatic carbocycles. The van der Waals surface area contributed by atoms with Crippen molar-refractivity contribution in [2.24, 2.45) is 0 Å². The van der Waals surface area contributed by atoms with Crippen LogP contribution in [0.25, 0.3) is 0 Å². The normalized spacial score (nSPS) is 12.4. The number of thiophene rings is 1. The minimum Gasteiger partial charge on any atom is -0.465 e. The van der Waals surface area contributed by atoms with Crippen LogP contribution in [0.5, 0.6) is 0 Å². The largest absolute Gasteiger partial charge is 0.465 e. The Labute approximate surface area is 151 Å². The van der Waals surface area contributed by atoms with E-state index < -0.39 is 16.0 Å². The topological polar surface area (TPSA) is 111 Å². The maximum absolute atomic E-state index is 12.4. The van der Waals surface area contributed by atoms with E-state index in [4.69, 9.17) is 4.52 Å². The summed E-state index contributed by atoms with van der Waals surface area (Å²) in [5.74, 6) is 0.0430. The Bertz CT molecular complexity index is 851. The average molecular weight is 438 g/mol. The lowest BCUT2D eigenvalue weighted by Gasteiger charge is -2.10. The highest BCUT2D eigenvalue weighted by atomic mass is 79.9. The number of hydrogen-bond acceptors (Lipinski definition) is 8. The lowest BCUT2D eigenvalue weighted by Crippen LogP contribution is -2.23. The van der Waals surface area contributed by atoms with Gasteiger partial charge in [-0.3, -0.25) is 0 Å². The summed E-state index contributed by atoms with van der Waals surface area (Å²) in [4.78, 5) is 15.8. The molecule has 0 saturated carbocycles. The molecule has 0 aromatic carbocycles. The van der Waals surface area contributed by atoms with Crippen LogP contribution >= 0.6 is 27.3 Å². The van der Waals surface area contributed by atoms with Gasteiger partial charge in [0.2, 0.25) is 5.89 Å². The third-order valence-electron chi connectivity index (χ3n) is 2.82. The second-order valence-corrected chi connectivity index (χ2v) is 9.70. The maximum atomic E-state index is 12.4. The van der Waals surface area contributed by atoms with Gasteiger partial charge in [0, 0.05) is 9.89 Å². The number of rotatable bonds is 5. The molecular formula is C13H16BrN3O5S2. The molecular weight excluding hydrogens is 422 g/mol. The van der Waals surface area contributed by atoms with Gasteiger partial charge in [-0.15, -0.1) is 11.3 Å². The molecule has 0 unspecified atom stereocenters. The van der Waals surface area contributed by atoms with E-state index in [0.717, 1.165) is 11.3 Å². The van der Waals surface area contributed by atoms with Crippen LogP contribution in [0.2, 0.25) is 0 Å². The molecule has 8 nitrogen and oxygen atoms in total. The quantitative estimate of drug-likeness (QED) is 0.714. The molecule has 0 radical (unpaired) electrons. The molecule has 24 heavy (non-hydrogen) atoms. The zero-order valence-electron chi connectivity index (χ0n) is 13.4. The molecule has 2 aromatic rings. The zero-order chi connectivity index (χ0) is 18.1. The fourth-order valence-corrected chi connectivity index (χ4v) is 5.20. The van der Waals surface area contributed by atoms with Crippen LogP contribution < -0.4 is 4.72 Å². The van der Waals surface area contributed by atoms with Crippen LogP contribution in [-0.4, -0.2) is 31.6 Å². The van der Waals surface area contributed by atoms with E-state index in [2.05, 4.69) is 35.5 Å². The minimum absolute atomic E-state index is 0.0255. The summed E-state index contributed by atoms with van der Waals surface area (Å²) >= 11 is 3.95. The summed E-state index contributed by atoms with van der Waals surface area (Å²) in [6.45, 7) is 5.60. The Balaban J connectivity index is 2.16. The van der Waals surface area contributed by atoms with Crippen LogP contribution in [0.3, 0.4) is 0 Å². The third kappa shape index (κ3) is 4.21. The van der Waals surface area contributed by atoms with Gasteiger partial charge in [0.25, 0.3) is 10.0 Å². The molecule has 0 spiro atoms. The Morgan fingerprint density at radius 3 is 2.67 bits per heavy atom. The lowest BCUT2D eigenvalue weighted by atomic mass is 9.97. The predicted octanol–water partition coefficient (Wildman–Crippen LogP) is 2.46. The predicted molar refractivity (Wildman–Crippen MR) is 90.4 cm³/mol. The molecule has 0 amide bonds. The summed E-state index contributed by atoms with van der Waals surface area (Å²) in [6, 6.07) is 1.40. The second kappa shape index (κ2) is 6.90. The summed E-state index contributed by atoms with van der Waals surface area (Å²) in [7, 11) is -2.62. The number of aromatic nitrogens is 2. The fourth-order valence-electron chi connectivity index (χ4n) is 1.59. The molecule has 2 rings (SSSR count). The number of halogens is 1. The number of ether oxygens (including phenoxy) is 1. The van der Waals surface area contributed by atoms with E-state index in [9.17, 15) is 13.2 Å². The SMILES string of the molecule is COC(=O)c1cc(Br)c(S(=O)(=O)NCc2noc(C(C)(C)C)n2)s1. The Hall–Kier alpha value is -1.30. The van der Waals surface area contributed by atoms with Crippen molar-refractivity contribution in [1.29, 1.82) is 0 Å². The van der Waals surface area contributed by atoms with E-state index in [1.807, 2.05) is 20.8 Å². The molecule has 11 heteroatoms. The Kier molecular flexibility index (Phi) is 5.47. The van der Waals surface area contributed by atoms with Crippen molar-refractivity contribution in [1.82, 2.24) is 14.9 Å². The van der Waals surface area contributed by atoms with E-state index in [1.165, 1.54) is 13.2 Å². The van der Waals surface area contributed by atoms with Gasteiger partial charge >= 0.3 is 5.97 Å². The van der Waals surface area contributed by atoms with Crippen molar-refractivity contribution in [3.05, 3.63) is 27.1 Å². The molecule has 2 heterocycles. The van der Waals surface area contributed by atoms with Gasteiger partial charge < -0.3 is 9.26 Å².